The number of hydrogen-bond donors (Lipinski definition) is 4. The molecule has 2 rings (SSSR count). The number of phosphoric acid groups is 2. The molecule has 0 spiro atoms. The van der Waals surface area contributed by atoms with Crippen molar-refractivity contribution < 1.29 is 61.6 Å². The molecule has 5 N–H and O–H groups in total. The highest BCUT2D eigenvalue weighted by molar-refractivity contribution is 7.63. The minimum absolute atomic E-state index is 0.521. The molecule has 17 nitrogen and oxygen atoms in total. The lowest BCUT2D eigenvalue weighted by Crippen LogP contribution is -2.36. The van der Waals surface area contributed by atoms with Gasteiger partial charge in [0.25, 0.3) is 7.82 Å². The van der Waals surface area contributed by atoms with Crippen molar-refractivity contribution in [3.05, 3.63) is 16.7 Å². The predicted molar refractivity (Wildman–Crippen MR) is 81.4 cm³/mol. The molecule has 0 aliphatic carbocycles. The molecule has 0 radical (unpaired) electrons. The SMILES string of the molecule is Nc1nc(=O)n(C2OC(COP(=O)([O-])OP(=O)([O-])O[P+](=O)[O-])C(O)C2O)cc1O. The maximum Gasteiger partial charge on any atom is 0.496 e. The van der Waals surface area contributed by atoms with Gasteiger partial charge >= 0.3 is 21.8 Å². The summed E-state index contributed by atoms with van der Waals surface area (Å²) in [6.07, 6.45) is -6.24. The van der Waals surface area contributed by atoms with Gasteiger partial charge in [-0.15, -0.1) is 0 Å². The van der Waals surface area contributed by atoms with E-state index in [2.05, 4.69) is 18.1 Å². The number of nitrogens with zero attached hydrogens (tertiary/aromatic N) is 2. The fourth-order valence-electron chi connectivity index (χ4n) is 2.16. The molecule has 20 heteroatoms. The zero-order valence-corrected chi connectivity index (χ0v) is 16.4. The summed E-state index contributed by atoms with van der Waals surface area (Å²) in [5.74, 6) is -1.18. The third kappa shape index (κ3) is 6.08. The van der Waals surface area contributed by atoms with Crippen LogP contribution in [0.3, 0.4) is 0 Å². The van der Waals surface area contributed by atoms with Crippen LogP contribution in [0.4, 0.5) is 5.82 Å². The summed E-state index contributed by atoms with van der Waals surface area (Å²) in [6, 6.07) is 0. The van der Waals surface area contributed by atoms with Gasteiger partial charge in [0.1, 0.15) is 18.3 Å². The second kappa shape index (κ2) is 8.81. The smallest absolute Gasteiger partial charge is 0.496 e. The van der Waals surface area contributed by atoms with Crippen molar-refractivity contribution in [3.8, 4) is 5.75 Å². The number of aromatic nitrogens is 2. The van der Waals surface area contributed by atoms with Crippen molar-refractivity contribution >= 4 is 29.7 Å². The summed E-state index contributed by atoms with van der Waals surface area (Å²) in [5, 5.41) is 29.4. The number of ether oxygens (including phenoxy) is 1. The third-order valence-corrected chi connectivity index (χ3v) is 6.73. The van der Waals surface area contributed by atoms with Gasteiger partial charge in [0.2, 0.25) is 0 Å². The minimum Gasteiger partial charge on any atom is -0.756 e. The van der Waals surface area contributed by atoms with Gasteiger partial charge in [-0.3, -0.25) is 13.7 Å². The molecule has 1 aromatic heterocycles. The summed E-state index contributed by atoms with van der Waals surface area (Å²) < 4.78 is 49.3. The lowest BCUT2D eigenvalue weighted by atomic mass is 10.1. The van der Waals surface area contributed by atoms with Crippen molar-refractivity contribution in [3.63, 3.8) is 0 Å². The summed E-state index contributed by atoms with van der Waals surface area (Å²) in [4.78, 5) is 47.8. The molecule has 0 amide bonds. The van der Waals surface area contributed by atoms with Gasteiger partial charge in [-0.2, -0.15) is 4.98 Å². The fourth-order valence-corrected chi connectivity index (χ4v) is 4.70. The Morgan fingerprint density at radius 3 is 2.52 bits per heavy atom. The van der Waals surface area contributed by atoms with Crippen LogP contribution in [-0.2, 0) is 31.6 Å². The van der Waals surface area contributed by atoms with E-state index in [-0.39, 0.29) is 0 Å². The van der Waals surface area contributed by atoms with Gasteiger partial charge in [0.15, 0.2) is 17.8 Å². The van der Waals surface area contributed by atoms with E-state index >= 15 is 0 Å². The Morgan fingerprint density at radius 2 is 1.93 bits per heavy atom. The number of hydrogen-bond acceptors (Lipinski definition) is 16. The second-order valence-corrected chi connectivity index (χ2v) is 9.13. The summed E-state index contributed by atoms with van der Waals surface area (Å²) in [6.45, 7) is -1.12. The lowest BCUT2D eigenvalue weighted by Gasteiger charge is -2.28. The van der Waals surface area contributed by atoms with Crippen molar-refractivity contribution in [1.82, 2.24) is 9.55 Å². The Bertz CT molecular complexity index is 937. The Morgan fingerprint density at radius 1 is 1.31 bits per heavy atom. The van der Waals surface area contributed by atoms with Gasteiger partial charge in [0, 0.05) is 0 Å². The van der Waals surface area contributed by atoms with Crippen LogP contribution >= 0.6 is 23.9 Å². The van der Waals surface area contributed by atoms with Crippen molar-refractivity contribution in [2.24, 2.45) is 0 Å². The maximum atomic E-state index is 11.8. The summed E-state index contributed by atoms with van der Waals surface area (Å²) in [7, 11) is -15.5. The molecule has 0 aromatic carbocycles. The van der Waals surface area contributed by atoms with Gasteiger partial charge in [-0.25, -0.2) is 9.11 Å². The van der Waals surface area contributed by atoms with E-state index < -0.39 is 72.3 Å². The number of aliphatic hydroxyl groups is 2. The van der Waals surface area contributed by atoms with Crippen molar-refractivity contribution in [2.75, 3.05) is 12.3 Å². The first kappa shape index (κ1) is 24.0. The van der Waals surface area contributed by atoms with Gasteiger partial charge in [-0.05, 0) is 4.57 Å². The number of rotatable bonds is 8. The number of nitrogen functional groups attached to an aromatic ring is 1. The lowest BCUT2D eigenvalue weighted by molar-refractivity contribution is -0.244. The van der Waals surface area contributed by atoms with E-state index in [1.54, 1.807) is 0 Å². The Hall–Kier alpha value is -1.32. The van der Waals surface area contributed by atoms with E-state index in [1.165, 1.54) is 0 Å². The van der Waals surface area contributed by atoms with E-state index in [9.17, 15) is 48.5 Å². The molecular weight excluding hydrogens is 467 g/mol. The average Bonchev–Trinajstić information content (AvgIpc) is 2.82. The topological polar surface area (TPSA) is 279 Å². The highest BCUT2D eigenvalue weighted by Crippen LogP contribution is 2.58. The van der Waals surface area contributed by atoms with E-state index in [0.717, 1.165) is 6.20 Å². The first-order chi connectivity index (χ1) is 13.2. The van der Waals surface area contributed by atoms with E-state index in [0.29, 0.717) is 4.57 Å². The highest BCUT2D eigenvalue weighted by atomic mass is 31.3. The van der Waals surface area contributed by atoms with E-state index in [4.69, 9.17) is 10.5 Å². The molecule has 2 heterocycles. The maximum absolute atomic E-state index is 11.8. The standard InChI is InChI=1S/C9H14N3O14P3/c10-7-3(13)1-12(9(16)11-7)8-6(15)5(14)4(24-8)2-23-28(19,20)26-29(21,22)25-27(17)18/h1,4-6,8,13-15H,2H2,(H,19,20)(H,21,22)(H2,10,11,16)/p-2. The molecule has 0 saturated carbocycles. The number of anilines is 1. The van der Waals surface area contributed by atoms with E-state index in [1.807, 2.05) is 0 Å². The van der Waals surface area contributed by atoms with Crippen molar-refractivity contribution in [1.29, 1.82) is 0 Å². The van der Waals surface area contributed by atoms with Gasteiger partial charge in [-0.1, -0.05) is 4.31 Å². The van der Waals surface area contributed by atoms with Crippen LogP contribution < -0.4 is 26.1 Å². The molecule has 1 aromatic rings. The molecule has 7 atom stereocenters. The van der Waals surface area contributed by atoms with Crippen LogP contribution in [0.1, 0.15) is 6.23 Å². The quantitative estimate of drug-likeness (QED) is 0.260. The summed E-state index contributed by atoms with van der Waals surface area (Å²) in [5.41, 5.74) is 4.14. The number of phosphoric ester groups is 1. The van der Waals surface area contributed by atoms with Gasteiger partial charge < -0.3 is 45.0 Å². The molecule has 1 aliphatic heterocycles. The van der Waals surface area contributed by atoms with Crippen LogP contribution in [0.15, 0.2) is 11.0 Å². The highest BCUT2D eigenvalue weighted by Gasteiger charge is 2.45. The van der Waals surface area contributed by atoms with Crippen LogP contribution in [0.5, 0.6) is 5.75 Å². The molecule has 7 unspecified atom stereocenters. The molecule has 1 fully saturated rings. The summed E-state index contributed by atoms with van der Waals surface area (Å²) >= 11 is 0. The van der Waals surface area contributed by atoms with Crippen LogP contribution in [-0.4, -0.2) is 49.8 Å². The minimum atomic E-state index is -5.83. The van der Waals surface area contributed by atoms with Crippen LogP contribution in [0, 0.1) is 0 Å². The molecule has 164 valence electrons. The fraction of sp³-hybridized carbons (Fsp3) is 0.556. The van der Waals surface area contributed by atoms with Crippen LogP contribution in [0.25, 0.3) is 0 Å². The second-order valence-electron chi connectivity index (χ2n) is 5.32. The zero-order chi connectivity index (χ0) is 22.1. The third-order valence-electron chi connectivity index (χ3n) is 3.34. The van der Waals surface area contributed by atoms with Crippen LogP contribution in [0.2, 0.25) is 0 Å². The first-order valence-corrected chi connectivity index (χ1v) is 11.2. The normalized spacial score (nSPS) is 29.2. The largest absolute Gasteiger partial charge is 0.756 e. The number of aliphatic hydroxyl groups excluding tert-OH is 2. The Kier molecular flexibility index (Phi) is 7.28. The number of nitrogens with two attached hydrogens (primary N) is 1. The Labute approximate surface area is 161 Å². The average molecular weight is 479 g/mol. The molecule has 1 aliphatic rings. The predicted octanol–water partition coefficient (Wildman–Crippen LogP) is -3.85. The molecular formula is C9H12N3O14P3-2. The first-order valence-electron chi connectivity index (χ1n) is 7.14. The van der Waals surface area contributed by atoms with Crippen molar-refractivity contribution in [2.45, 2.75) is 24.5 Å². The molecule has 0 bridgehead atoms. The number of aromatic hydroxyl groups is 1. The zero-order valence-electron chi connectivity index (χ0n) is 13.7. The monoisotopic (exact) mass is 479 g/mol. The van der Waals surface area contributed by atoms with Gasteiger partial charge in [0.05, 0.1) is 12.8 Å². The molecule has 1 saturated heterocycles. The molecule has 29 heavy (non-hydrogen) atoms. The Balaban J connectivity index is 2.09.